The SMILES string of the molecule is Cc1cc(N2CCN(c3ccc(-c4cccc([N+](=O)[O-])c4)nn3)CC2)nc2c(C)cccc12. The minimum Gasteiger partial charge on any atom is -0.353 e. The summed E-state index contributed by atoms with van der Waals surface area (Å²) in [4.78, 5) is 20.1. The predicted molar refractivity (Wildman–Crippen MR) is 130 cm³/mol. The van der Waals surface area contributed by atoms with Gasteiger partial charge in [0.15, 0.2) is 5.82 Å². The summed E-state index contributed by atoms with van der Waals surface area (Å²) in [5.74, 6) is 1.82. The molecule has 1 saturated heterocycles. The van der Waals surface area contributed by atoms with Crippen LogP contribution in [0.4, 0.5) is 17.3 Å². The molecule has 8 heteroatoms. The lowest BCUT2D eigenvalue weighted by Gasteiger charge is -2.36. The lowest BCUT2D eigenvalue weighted by molar-refractivity contribution is -0.384. The van der Waals surface area contributed by atoms with E-state index in [1.807, 2.05) is 12.1 Å². The van der Waals surface area contributed by atoms with Crippen LogP contribution in [0, 0.1) is 24.0 Å². The number of hydrogen-bond acceptors (Lipinski definition) is 7. The van der Waals surface area contributed by atoms with Crippen molar-refractivity contribution in [2.24, 2.45) is 0 Å². The minimum atomic E-state index is -0.405. The van der Waals surface area contributed by atoms with Gasteiger partial charge in [-0.1, -0.05) is 30.3 Å². The zero-order chi connectivity index (χ0) is 22.9. The van der Waals surface area contributed by atoms with Crippen LogP contribution < -0.4 is 9.80 Å². The van der Waals surface area contributed by atoms with Gasteiger partial charge in [-0.2, -0.15) is 0 Å². The van der Waals surface area contributed by atoms with E-state index in [1.165, 1.54) is 28.6 Å². The molecule has 2 aromatic carbocycles. The Hall–Kier alpha value is -4.07. The van der Waals surface area contributed by atoms with Crippen molar-refractivity contribution < 1.29 is 4.92 Å². The highest BCUT2D eigenvalue weighted by atomic mass is 16.6. The fraction of sp³-hybridized carbons (Fsp3) is 0.240. The smallest absolute Gasteiger partial charge is 0.270 e. The molecule has 0 amide bonds. The van der Waals surface area contributed by atoms with Gasteiger partial charge >= 0.3 is 0 Å². The van der Waals surface area contributed by atoms with Gasteiger partial charge in [-0.3, -0.25) is 10.1 Å². The quantitative estimate of drug-likeness (QED) is 0.340. The Morgan fingerprint density at radius 2 is 1.55 bits per heavy atom. The van der Waals surface area contributed by atoms with E-state index in [0.29, 0.717) is 11.3 Å². The monoisotopic (exact) mass is 440 g/mol. The third kappa shape index (κ3) is 4.07. The van der Waals surface area contributed by atoms with Crippen molar-refractivity contribution in [3.8, 4) is 11.3 Å². The van der Waals surface area contributed by atoms with Gasteiger partial charge in [0, 0.05) is 49.3 Å². The van der Waals surface area contributed by atoms with Crippen molar-refractivity contribution >= 4 is 28.2 Å². The zero-order valence-electron chi connectivity index (χ0n) is 18.6. The second-order valence-electron chi connectivity index (χ2n) is 8.33. The fourth-order valence-corrected chi connectivity index (χ4v) is 4.30. The molecule has 166 valence electrons. The van der Waals surface area contributed by atoms with Crippen molar-refractivity contribution in [1.82, 2.24) is 15.2 Å². The Morgan fingerprint density at radius 3 is 2.24 bits per heavy atom. The molecule has 1 fully saturated rings. The van der Waals surface area contributed by atoms with Crippen molar-refractivity contribution in [1.29, 1.82) is 0 Å². The van der Waals surface area contributed by atoms with Crippen LogP contribution in [-0.2, 0) is 0 Å². The summed E-state index contributed by atoms with van der Waals surface area (Å²) >= 11 is 0. The number of pyridine rings is 1. The van der Waals surface area contributed by atoms with Crippen LogP contribution >= 0.6 is 0 Å². The first-order valence-electron chi connectivity index (χ1n) is 10.9. The van der Waals surface area contributed by atoms with Crippen LogP contribution in [0.25, 0.3) is 22.2 Å². The Bertz CT molecular complexity index is 1330. The second-order valence-corrected chi connectivity index (χ2v) is 8.33. The normalized spacial score (nSPS) is 14.0. The van der Waals surface area contributed by atoms with E-state index in [-0.39, 0.29) is 5.69 Å². The van der Waals surface area contributed by atoms with E-state index in [9.17, 15) is 10.1 Å². The number of fused-ring (bicyclic) bond motifs is 1. The number of anilines is 2. The van der Waals surface area contributed by atoms with Crippen molar-refractivity contribution in [2.75, 3.05) is 36.0 Å². The second kappa shape index (κ2) is 8.46. The van der Waals surface area contributed by atoms with Gasteiger partial charge in [-0.05, 0) is 43.2 Å². The Labute approximate surface area is 191 Å². The predicted octanol–water partition coefficient (Wildman–Crippen LogP) is 4.54. The number of para-hydroxylation sites is 1. The highest BCUT2D eigenvalue weighted by Crippen LogP contribution is 2.27. The third-order valence-electron chi connectivity index (χ3n) is 6.17. The molecule has 1 aliphatic heterocycles. The lowest BCUT2D eigenvalue weighted by atomic mass is 10.1. The van der Waals surface area contributed by atoms with Gasteiger partial charge in [0.05, 0.1) is 16.1 Å². The molecule has 2 aromatic heterocycles. The number of benzene rings is 2. The summed E-state index contributed by atoms with van der Waals surface area (Å²) in [5, 5.41) is 20.9. The van der Waals surface area contributed by atoms with E-state index in [1.54, 1.807) is 12.1 Å². The molecule has 4 aromatic rings. The molecule has 5 rings (SSSR count). The summed E-state index contributed by atoms with van der Waals surface area (Å²) in [6.45, 7) is 7.57. The first kappa shape index (κ1) is 20.8. The maximum atomic E-state index is 11.0. The molecule has 0 aliphatic carbocycles. The minimum absolute atomic E-state index is 0.0437. The Balaban J connectivity index is 1.30. The molecule has 0 bridgehead atoms. The fourth-order valence-electron chi connectivity index (χ4n) is 4.30. The van der Waals surface area contributed by atoms with Crippen LogP contribution in [0.3, 0.4) is 0 Å². The number of nitro groups is 1. The number of rotatable bonds is 4. The van der Waals surface area contributed by atoms with Crippen LogP contribution in [0.2, 0.25) is 0 Å². The number of non-ortho nitro benzene ring substituents is 1. The van der Waals surface area contributed by atoms with Crippen LogP contribution in [0.15, 0.2) is 60.7 Å². The largest absolute Gasteiger partial charge is 0.353 e. The van der Waals surface area contributed by atoms with E-state index in [2.05, 4.69) is 58.1 Å². The van der Waals surface area contributed by atoms with Crippen LogP contribution in [0.5, 0.6) is 0 Å². The summed E-state index contributed by atoms with van der Waals surface area (Å²) in [5.41, 5.74) is 4.84. The number of aromatic nitrogens is 3. The van der Waals surface area contributed by atoms with Crippen molar-refractivity contribution in [3.63, 3.8) is 0 Å². The average Bonchev–Trinajstić information content (AvgIpc) is 2.85. The molecule has 3 heterocycles. The molecule has 8 nitrogen and oxygen atoms in total. The lowest BCUT2D eigenvalue weighted by Crippen LogP contribution is -2.47. The average molecular weight is 441 g/mol. The molecule has 33 heavy (non-hydrogen) atoms. The van der Waals surface area contributed by atoms with Gasteiger partial charge < -0.3 is 9.80 Å². The Morgan fingerprint density at radius 1 is 0.818 bits per heavy atom. The van der Waals surface area contributed by atoms with Crippen LogP contribution in [0.1, 0.15) is 11.1 Å². The van der Waals surface area contributed by atoms with Crippen LogP contribution in [-0.4, -0.2) is 46.3 Å². The zero-order valence-corrected chi connectivity index (χ0v) is 18.6. The topological polar surface area (TPSA) is 88.3 Å². The number of hydrogen-bond donors (Lipinski definition) is 0. The Kier molecular flexibility index (Phi) is 5.34. The summed E-state index contributed by atoms with van der Waals surface area (Å²) in [6, 6.07) is 18.7. The summed E-state index contributed by atoms with van der Waals surface area (Å²) < 4.78 is 0. The number of piperazine rings is 1. The van der Waals surface area contributed by atoms with E-state index in [4.69, 9.17) is 4.98 Å². The first-order chi connectivity index (χ1) is 16.0. The summed E-state index contributed by atoms with van der Waals surface area (Å²) in [7, 11) is 0. The highest BCUT2D eigenvalue weighted by Gasteiger charge is 2.20. The number of nitrogens with zero attached hydrogens (tertiary/aromatic N) is 6. The molecule has 0 unspecified atom stereocenters. The first-order valence-corrected chi connectivity index (χ1v) is 10.9. The van der Waals surface area contributed by atoms with Gasteiger partial charge in [-0.25, -0.2) is 4.98 Å². The maximum Gasteiger partial charge on any atom is 0.270 e. The molecular formula is C25H24N6O2. The molecular weight excluding hydrogens is 416 g/mol. The maximum absolute atomic E-state index is 11.0. The standard InChI is InChI=1S/C25H24N6O2/c1-17-5-3-8-21-18(2)15-24(26-25(17)21)30-13-11-29(12-14-30)23-10-9-22(27-28-23)19-6-4-7-20(16-19)31(32)33/h3-10,15-16H,11-14H2,1-2H3. The molecule has 1 aliphatic rings. The van der Waals surface area contributed by atoms with E-state index < -0.39 is 4.92 Å². The third-order valence-corrected chi connectivity index (χ3v) is 6.17. The molecule has 0 atom stereocenters. The molecule has 0 spiro atoms. The van der Waals surface area contributed by atoms with Gasteiger partial charge in [0.25, 0.3) is 5.69 Å². The van der Waals surface area contributed by atoms with Gasteiger partial charge in [0.1, 0.15) is 5.82 Å². The van der Waals surface area contributed by atoms with Gasteiger partial charge in [-0.15, -0.1) is 10.2 Å². The summed E-state index contributed by atoms with van der Waals surface area (Å²) in [6.07, 6.45) is 0. The molecule has 0 radical (unpaired) electrons. The van der Waals surface area contributed by atoms with E-state index >= 15 is 0 Å². The van der Waals surface area contributed by atoms with E-state index in [0.717, 1.165) is 43.3 Å². The highest BCUT2D eigenvalue weighted by molar-refractivity contribution is 5.86. The molecule has 0 saturated carbocycles. The number of aryl methyl sites for hydroxylation is 2. The molecule has 0 N–H and O–H groups in total. The van der Waals surface area contributed by atoms with Gasteiger partial charge in [0.2, 0.25) is 0 Å². The van der Waals surface area contributed by atoms with Crippen molar-refractivity contribution in [2.45, 2.75) is 13.8 Å². The number of nitro benzene ring substituents is 1. The van der Waals surface area contributed by atoms with Crippen molar-refractivity contribution in [3.05, 3.63) is 81.9 Å².